The van der Waals surface area contributed by atoms with Gasteiger partial charge in [-0.15, -0.1) is 12.4 Å². The Morgan fingerprint density at radius 3 is 2.87 bits per heavy atom. The minimum Gasteiger partial charge on any atom is -0.478 e. The highest BCUT2D eigenvalue weighted by Crippen LogP contribution is 2.19. The summed E-state index contributed by atoms with van der Waals surface area (Å²) in [5.41, 5.74) is 0.930. The number of fused-ring (bicyclic) bond motifs is 1. The van der Waals surface area contributed by atoms with Crippen LogP contribution in [0.5, 0.6) is 0 Å². The molecule has 2 rings (SSSR count). The normalized spacial score (nSPS) is 10.0. The first-order valence-electron chi connectivity index (χ1n) is 3.80. The molecular formula is C8H7Cl2N3O2. The lowest BCUT2D eigenvalue weighted by molar-refractivity contribution is 0.0698. The van der Waals surface area contributed by atoms with Crippen LogP contribution in [0.2, 0.25) is 5.15 Å². The van der Waals surface area contributed by atoms with Crippen molar-refractivity contribution in [3.8, 4) is 0 Å². The van der Waals surface area contributed by atoms with E-state index in [2.05, 4.69) is 9.97 Å². The monoisotopic (exact) mass is 247 g/mol. The first kappa shape index (κ1) is 11.7. The van der Waals surface area contributed by atoms with Crippen molar-refractivity contribution < 1.29 is 9.90 Å². The van der Waals surface area contributed by atoms with Crippen LogP contribution in [0.25, 0.3) is 11.2 Å². The lowest BCUT2D eigenvalue weighted by Crippen LogP contribution is -2.01. The van der Waals surface area contributed by atoms with E-state index >= 15 is 0 Å². The standard InChI is InChI=1S/C8H6ClN3O2.ClH/c1-12-3-10-7-6(12)4(8(13)14)2-5(9)11-7;/h2-3H,1H3,(H,13,14);1H. The summed E-state index contributed by atoms with van der Waals surface area (Å²) in [7, 11) is 1.71. The van der Waals surface area contributed by atoms with Gasteiger partial charge in [0.05, 0.1) is 11.9 Å². The maximum absolute atomic E-state index is 10.9. The number of pyridine rings is 1. The van der Waals surface area contributed by atoms with Crippen LogP contribution in [-0.4, -0.2) is 25.6 Å². The Hall–Kier alpha value is -1.33. The summed E-state index contributed by atoms with van der Waals surface area (Å²) in [6.07, 6.45) is 1.50. The van der Waals surface area contributed by atoms with Gasteiger partial charge in [-0.25, -0.2) is 14.8 Å². The Kier molecular flexibility index (Phi) is 3.16. The van der Waals surface area contributed by atoms with Gasteiger partial charge in [0.2, 0.25) is 0 Å². The fourth-order valence-corrected chi connectivity index (χ4v) is 1.48. The number of aromatic carboxylic acids is 1. The van der Waals surface area contributed by atoms with E-state index in [1.807, 2.05) is 0 Å². The molecule has 0 saturated carbocycles. The lowest BCUT2D eigenvalue weighted by Gasteiger charge is -1.99. The summed E-state index contributed by atoms with van der Waals surface area (Å²) >= 11 is 5.65. The maximum atomic E-state index is 10.9. The van der Waals surface area contributed by atoms with Crippen LogP contribution >= 0.6 is 24.0 Å². The number of aryl methyl sites for hydroxylation is 1. The minimum atomic E-state index is -1.04. The molecule has 7 heteroatoms. The van der Waals surface area contributed by atoms with Gasteiger partial charge in [-0.2, -0.15) is 0 Å². The number of nitrogens with zero attached hydrogens (tertiary/aromatic N) is 3. The zero-order chi connectivity index (χ0) is 10.3. The highest BCUT2D eigenvalue weighted by atomic mass is 35.5. The Bertz CT molecular complexity index is 524. The van der Waals surface area contributed by atoms with Crippen molar-refractivity contribution in [3.63, 3.8) is 0 Å². The van der Waals surface area contributed by atoms with E-state index in [1.54, 1.807) is 11.6 Å². The van der Waals surface area contributed by atoms with Crippen LogP contribution in [-0.2, 0) is 7.05 Å². The largest absolute Gasteiger partial charge is 0.478 e. The molecule has 15 heavy (non-hydrogen) atoms. The Labute approximate surface area is 96.1 Å². The highest BCUT2D eigenvalue weighted by molar-refractivity contribution is 6.30. The number of aromatic nitrogens is 3. The predicted molar refractivity (Wildman–Crippen MR) is 57.7 cm³/mol. The Balaban J connectivity index is 0.00000112. The molecule has 0 aliphatic rings. The second-order valence-electron chi connectivity index (χ2n) is 2.83. The van der Waals surface area contributed by atoms with E-state index in [4.69, 9.17) is 16.7 Å². The molecule has 5 nitrogen and oxygen atoms in total. The molecule has 0 amide bonds. The molecule has 2 heterocycles. The number of rotatable bonds is 1. The third kappa shape index (κ3) is 1.88. The van der Waals surface area contributed by atoms with Crippen molar-refractivity contribution in [2.24, 2.45) is 7.05 Å². The van der Waals surface area contributed by atoms with Gasteiger partial charge in [-0.05, 0) is 6.07 Å². The summed E-state index contributed by atoms with van der Waals surface area (Å²) in [5, 5.41) is 9.06. The van der Waals surface area contributed by atoms with Gasteiger partial charge in [0.25, 0.3) is 0 Å². The summed E-state index contributed by atoms with van der Waals surface area (Å²) in [5.74, 6) is -1.04. The molecule has 0 saturated heterocycles. The summed E-state index contributed by atoms with van der Waals surface area (Å²) in [4.78, 5) is 18.7. The van der Waals surface area contributed by atoms with Gasteiger partial charge in [-0.3, -0.25) is 0 Å². The molecule has 0 bridgehead atoms. The van der Waals surface area contributed by atoms with Gasteiger partial charge in [-0.1, -0.05) is 11.6 Å². The number of hydrogen-bond donors (Lipinski definition) is 1. The quantitative estimate of drug-likeness (QED) is 0.780. The lowest BCUT2D eigenvalue weighted by atomic mass is 10.2. The van der Waals surface area contributed by atoms with Gasteiger partial charge in [0, 0.05) is 7.05 Å². The molecular weight excluding hydrogens is 241 g/mol. The van der Waals surface area contributed by atoms with E-state index in [-0.39, 0.29) is 23.1 Å². The van der Waals surface area contributed by atoms with E-state index in [1.165, 1.54) is 12.4 Å². The molecule has 0 spiro atoms. The predicted octanol–water partition coefficient (Wildman–Crippen LogP) is 1.74. The van der Waals surface area contributed by atoms with Crippen molar-refractivity contribution in [2.45, 2.75) is 0 Å². The zero-order valence-corrected chi connectivity index (χ0v) is 9.21. The number of imidazole rings is 1. The third-order valence-electron chi connectivity index (χ3n) is 1.88. The molecule has 0 fully saturated rings. The Morgan fingerprint density at radius 1 is 1.60 bits per heavy atom. The molecule has 0 aliphatic carbocycles. The second kappa shape index (κ2) is 4.04. The van der Waals surface area contributed by atoms with E-state index in [9.17, 15) is 4.79 Å². The molecule has 0 aromatic carbocycles. The average molecular weight is 248 g/mol. The van der Waals surface area contributed by atoms with Crippen LogP contribution < -0.4 is 0 Å². The minimum absolute atomic E-state index is 0. The smallest absolute Gasteiger partial charge is 0.338 e. The van der Waals surface area contributed by atoms with Crippen LogP contribution in [0.15, 0.2) is 12.4 Å². The van der Waals surface area contributed by atoms with Crippen molar-refractivity contribution in [1.29, 1.82) is 0 Å². The van der Waals surface area contributed by atoms with Crippen molar-refractivity contribution in [1.82, 2.24) is 14.5 Å². The second-order valence-corrected chi connectivity index (χ2v) is 3.21. The summed E-state index contributed by atoms with van der Waals surface area (Å²) in [6.45, 7) is 0. The number of hydrogen-bond acceptors (Lipinski definition) is 3. The van der Waals surface area contributed by atoms with Crippen LogP contribution in [0.3, 0.4) is 0 Å². The molecule has 1 N–H and O–H groups in total. The molecule has 0 radical (unpaired) electrons. The molecule has 2 aromatic rings. The Morgan fingerprint density at radius 2 is 2.27 bits per heavy atom. The number of carboxylic acids is 1. The molecule has 0 unspecified atom stereocenters. The third-order valence-corrected chi connectivity index (χ3v) is 2.07. The van der Waals surface area contributed by atoms with Crippen LogP contribution in [0.1, 0.15) is 10.4 Å². The summed E-state index contributed by atoms with van der Waals surface area (Å²) < 4.78 is 1.60. The van der Waals surface area contributed by atoms with E-state index in [0.29, 0.717) is 11.2 Å². The van der Waals surface area contributed by atoms with Gasteiger partial charge < -0.3 is 9.67 Å². The van der Waals surface area contributed by atoms with Crippen LogP contribution in [0, 0.1) is 0 Å². The van der Waals surface area contributed by atoms with Gasteiger partial charge >= 0.3 is 5.97 Å². The SMILES string of the molecule is Cl.Cn1cnc2nc(Cl)cc(C(=O)O)c21. The van der Waals surface area contributed by atoms with Crippen molar-refractivity contribution >= 4 is 41.1 Å². The van der Waals surface area contributed by atoms with E-state index in [0.717, 1.165) is 0 Å². The maximum Gasteiger partial charge on any atom is 0.338 e. The number of halogens is 2. The molecule has 2 aromatic heterocycles. The highest BCUT2D eigenvalue weighted by Gasteiger charge is 2.14. The molecule has 0 atom stereocenters. The van der Waals surface area contributed by atoms with Crippen LogP contribution in [0.4, 0.5) is 0 Å². The zero-order valence-electron chi connectivity index (χ0n) is 7.64. The first-order valence-corrected chi connectivity index (χ1v) is 4.18. The molecule has 80 valence electrons. The molecule has 0 aliphatic heterocycles. The summed E-state index contributed by atoms with van der Waals surface area (Å²) in [6, 6.07) is 1.31. The topological polar surface area (TPSA) is 68.0 Å². The first-order chi connectivity index (χ1) is 6.59. The van der Waals surface area contributed by atoms with Crippen molar-refractivity contribution in [2.75, 3.05) is 0 Å². The van der Waals surface area contributed by atoms with Crippen molar-refractivity contribution in [3.05, 3.63) is 23.1 Å². The number of carbonyl (C=O) groups is 1. The van der Waals surface area contributed by atoms with E-state index < -0.39 is 5.97 Å². The van der Waals surface area contributed by atoms with Gasteiger partial charge in [0.15, 0.2) is 5.65 Å². The average Bonchev–Trinajstić information content (AvgIpc) is 2.46. The number of carboxylic acid groups (broad SMARTS) is 1. The van der Waals surface area contributed by atoms with Gasteiger partial charge in [0.1, 0.15) is 10.7 Å². The fourth-order valence-electron chi connectivity index (χ4n) is 1.29. The fraction of sp³-hybridized carbons (Fsp3) is 0.125.